The van der Waals surface area contributed by atoms with Gasteiger partial charge < -0.3 is 5.32 Å². The first-order chi connectivity index (χ1) is 9.88. The summed E-state index contributed by atoms with van der Waals surface area (Å²) in [6, 6.07) is 6.54. The van der Waals surface area contributed by atoms with Gasteiger partial charge in [0, 0.05) is 11.0 Å². The molecule has 1 N–H and O–H groups in total. The summed E-state index contributed by atoms with van der Waals surface area (Å²) in [5.41, 5.74) is -0.577. The van der Waals surface area contributed by atoms with Gasteiger partial charge in [-0.25, -0.2) is 17.6 Å². The van der Waals surface area contributed by atoms with E-state index in [1.165, 1.54) is 0 Å². The van der Waals surface area contributed by atoms with Crippen molar-refractivity contribution in [3.63, 3.8) is 0 Å². The molecule has 7 heteroatoms. The molecule has 2 aromatic rings. The van der Waals surface area contributed by atoms with Gasteiger partial charge >= 0.3 is 0 Å². The minimum atomic E-state index is -1.65. The fraction of sp³-hybridized carbons (Fsp3) is 0.0714. The molecule has 21 heavy (non-hydrogen) atoms. The third-order valence-corrected chi connectivity index (χ3v) is 2.98. The molecule has 0 atom stereocenters. The van der Waals surface area contributed by atoms with Crippen LogP contribution in [0.15, 0.2) is 35.2 Å². The van der Waals surface area contributed by atoms with Gasteiger partial charge in [-0.3, -0.25) is 4.79 Å². The number of carbonyl (C=O) groups excluding carboxylic acids is 1. The molecule has 0 spiro atoms. The van der Waals surface area contributed by atoms with Crippen LogP contribution in [0.25, 0.3) is 0 Å². The van der Waals surface area contributed by atoms with E-state index < -0.39 is 34.9 Å². The molecule has 2 nitrogen and oxygen atoms in total. The lowest BCUT2D eigenvalue weighted by Crippen LogP contribution is -2.17. The lowest BCUT2D eigenvalue weighted by molar-refractivity contribution is -0.115. The Morgan fingerprint density at radius 3 is 2.05 bits per heavy atom. The van der Waals surface area contributed by atoms with Crippen molar-refractivity contribution in [1.82, 2.24) is 0 Å². The fourth-order valence-corrected chi connectivity index (χ4v) is 1.81. The summed E-state index contributed by atoms with van der Waals surface area (Å²) >= 11 is 4.07. The van der Waals surface area contributed by atoms with Gasteiger partial charge in [-0.05, 0) is 17.7 Å². The van der Waals surface area contributed by atoms with E-state index in [-0.39, 0.29) is 12.5 Å². The fourth-order valence-electron chi connectivity index (χ4n) is 1.67. The Morgan fingerprint density at radius 1 is 1.00 bits per heavy atom. The van der Waals surface area contributed by atoms with Gasteiger partial charge in [0.25, 0.3) is 0 Å². The molecule has 0 heterocycles. The van der Waals surface area contributed by atoms with Crippen molar-refractivity contribution >= 4 is 24.2 Å². The average molecular weight is 315 g/mol. The largest absolute Gasteiger partial charge is 0.321 e. The summed E-state index contributed by atoms with van der Waals surface area (Å²) in [5.74, 6) is -7.25. The number of halogens is 4. The molecule has 2 aromatic carbocycles. The van der Waals surface area contributed by atoms with Gasteiger partial charge in [-0.2, -0.15) is 0 Å². The van der Waals surface area contributed by atoms with Crippen molar-refractivity contribution in [3.8, 4) is 0 Å². The monoisotopic (exact) mass is 315 g/mol. The maximum Gasteiger partial charge on any atom is 0.228 e. The van der Waals surface area contributed by atoms with Crippen LogP contribution in [-0.2, 0) is 11.2 Å². The zero-order chi connectivity index (χ0) is 15.6. The maximum absolute atomic E-state index is 13.4. The molecule has 0 fully saturated rings. The van der Waals surface area contributed by atoms with Gasteiger partial charge in [0.1, 0.15) is 5.69 Å². The van der Waals surface area contributed by atoms with Crippen LogP contribution >= 0.6 is 12.6 Å². The van der Waals surface area contributed by atoms with E-state index in [1.807, 2.05) is 5.32 Å². The Kier molecular flexibility index (Phi) is 4.52. The molecule has 0 aliphatic heterocycles. The predicted molar refractivity (Wildman–Crippen MR) is 72.3 cm³/mol. The molecule has 0 bridgehead atoms. The number of hydrogen-bond donors (Lipinski definition) is 2. The maximum atomic E-state index is 13.4. The summed E-state index contributed by atoms with van der Waals surface area (Å²) in [6.45, 7) is 0. The van der Waals surface area contributed by atoms with E-state index >= 15 is 0 Å². The quantitative estimate of drug-likeness (QED) is 0.505. The van der Waals surface area contributed by atoms with Crippen molar-refractivity contribution in [1.29, 1.82) is 0 Å². The van der Waals surface area contributed by atoms with Gasteiger partial charge in [0.2, 0.25) is 5.91 Å². The Bertz CT molecular complexity index is 662. The highest BCUT2D eigenvalue weighted by Crippen LogP contribution is 2.24. The van der Waals surface area contributed by atoms with E-state index in [0.717, 1.165) is 0 Å². The zero-order valence-corrected chi connectivity index (χ0v) is 11.4. The van der Waals surface area contributed by atoms with Crippen LogP contribution in [-0.4, -0.2) is 5.91 Å². The van der Waals surface area contributed by atoms with Gasteiger partial charge in [-0.1, -0.05) is 12.1 Å². The number of thiol groups is 1. The summed E-state index contributed by atoms with van der Waals surface area (Å²) in [4.78, 5) is 12.4. The van der Waals surface area contributed by atoms with Gasteiger partial charge in [0.05, 0.1) is 6.42 Å². The first-order valence-electron chi connectivity index (χ1n) is 5.79. The van der Waals surface area contributed by atoms with E-state index in [1.54, 1.807) is 24.3 Å². The number of amides is 1. The van der Waals surface area contributed by atoms with Crippen molar-refractivity contribution in [2.24, 2.45) is 0 Å². The topological polar surface area (TPSA) is 29.1 Å². The third kappa shape index (κ3) is 3.55. The molecule has 2 rings (SSSR count). The smallest absolute Gasteiger partial charge is 0.228 e. The number of benzene rings is 2. The molecule has 0 radical (unpaired) electrons. The van der Waals surface area contributed by atoms with Gasteiger partial charge in [0.15, 0.2) is 23.3 Å². The number of carbonyl (C=O) groups is 1. The van der Waals surface area contributed by atoms with E-state index in [2.05, 4.69) is 12.6 Å². The van der Waals surface area contributed by atoms with E-state index in [0.29, 0.717) is 10.5 Å². The standard InChI is InChI=1S/C14H9F4NOS/c15-9-6-10(16)13(18)14(12(9)17)19-11(20)5-7-1-3-8(21)4-2-7/h1-4,6,21H,5H2,(H,19,20). The molecule has 0 aliphatic rings. The second-order valence-electron chi connectivity index (χ2n) is 4.23. The first-order valence-corrected chi connectivity index (χ1v) is 6.24. The van der Waals surface area contributed by atoms with Crippen LogP contribution in [0.2, 0.25) is 0 Å². The Labute approximate surface area is 123 Å². The second kappa shape index (κ2) is 6.17. The lowest BCUT2D eigenvalue weighted by Gasteiger charge is -2.09. The number of hydrogen-bond acceptors (Lipinski definition) is 2. The number of rotatable bonds is 3. The SMILES string of the molecule is O=C(Cc1ccc(S)cc1)Nc1c(F)c(F)cc(F)c1F. The second-order valence-corrected chi connectivity index (χ2v) is 4.75. The average Bonchev–Trinajstić information content (AvgIpc) is 2.44. The Morgan fingerprint density at radius 2 is 1.52 bits per heavy atom. The van der Waals surface area contributed by atoms with Gasteiger partial charge in [-0.15, -0.1) is 12.6 Å². The molecule has 0 unspecified atom stereocenters. The van der Waals surface area contributed by atoms with Crippen molar-refractivity contribution in [2.75, 3.05) is 5.32 Å². The van der Waals surface area contributed by atoms with Crippen LogP contribution in [0.3, 0.4) is 0 Å². The summed E-state index contributed by atoms with van der Waals surface area (Å²) < 4.78 is 52.8. The normalized spacial score (nSPS) is 10.5. The van der Waals surface area contributed by atoms with Crippen LogP contribution in [0.5, 0.6) is 0 Å². The molecule has 0 saturated carbocycles. The Hall–Kier alpha value is -2.02. The van der Waals surface area contributed by atoms with Crippen molar-refractivity contribution < 1.29 is 22.4 Å². The van der Waals surface area contributed by atoms with Crippen molar-refractivity contribution in [2.45, 2.75) is 11.3 Å². The molecule has 0 aromatic heterocycles. The molecule has 1 amide bonds. The molecule has 0 saturated heterocycles. The molecular weight excluding hydrogens is 306 g/mol. The minimum Gasteiger partial charge on any atom is -0.321 e. The highest BCUT2D eigenvalue weighted by Gasteiger charge is 2.20. The van der Waals surface area contributed by atoms with Crippen LogP contribution in [0.4, 0.5) is 23.2 Å². The first kappa shape index (κ1) is 15.4. The lowest BCUT2D eigenvalue weighted by atomic mass is 10.1. The minimum absolute atomic E-state index is 0.0751. The van der Waals surface area contributed by atoms with Crippen LogP contribution < -0.4 is 5.32 Å². The number of nitrogens with one attached hydrogen (secondary N) is 1. The summed E-state index contributed by atoms with van der Waals surface area (Å²) in [7, 11) is 0. The number of anilines is 1. The highest BCUT2D eigenvalue weighted by atomic mass is 32.1. The summed E-state index contributed by atoms with van der Waals surface area (Å²) in [6.07, 6.45) is -0.203. The van der Waals surface area contributed by atoms with Crippen molar-refractivity contribution in [3.05, 3.63) is 59.2 Å². The zero-order valence-electron chi connectivity index (χ0n) is 10.5. The third-order valence-electron chi connectivity index (χ3n) is 2.68. The molecular formula is C14H9F4NOS. The molecule has 0 aliphatic carbocycles. The molecule has 110 valence electrons. The highest BCUT2D eigenvalue weighted by molar-refractivity contribution is 7.80. The Balaban J connectivity index is 2.18. The predicted octanol–water partition coefficient (Wildman–Crippen LogP) is 3.71. The van der Waals surface area contributed by atoms with E-state index in [9.17, 15) is 22.4 Å². The van der Waals surface area contributed by atoms with E-state index in [4.69, 9.17) is 0 Å². The van der Waals surface area contributed by atoms with Crippen LogP contribution in [0.1, 0.15) is 5.56 Å². The summed E-state index contributed by atoms with van der Waals surface area (Å²) in [5, 5.41) is 1.84. The van der Waals surface area contributed by atoms with Crippen LogP contribution in [0, 0.1) is 23.3 Å².